The molecule has 0 bridgehead atoms. The molecule has 0 aliphatic carbocycles. The van der Waals surface area contributed by atoms with Crippen LogP contribution in [0.4, 0.5) is 0 Å². The normalized spacial score (nSPS) is 16.5. The lowest BCUT2D eigenvalue weighted by molar-refractivity contribution is -0.0201. The molecule has 1 fully saturated rings. The van der Waals surface area contributed by atoms with Crippen molar-refractivity contribution < 1.29 is 4.74 Å². The van der Waals surface area contributed by atoms with Crippen molar-refractivity contribution in [3.05, 3.63) is 0 Å². The number of hydrogen-bond donors (Lipinski definition) is 0. The predicted octanol–water partition coefficient (Wildman–Crippen LogP) is 8.52. The summed E-state index contributed by atoms with van der Waals surface area (Å²) in [4.78, 5) is 5.43. The summed E-state index contributed by atoms with van der Waals surface area (Å²) in [7, 11) is 1.83. The van der Waals surface area contributed by atoms with Crippen LogP contribution in [0.1, 0.15) is 130 Å². The third-order valence-electron chi connectivity index (χ3n) is 6.42. The van der Waals surface area contributed by atoms with E-state index in [1.165, 1.54) is 45.4 Å². The van der Waals surface area contributed by atoms with Crippen LogP contribution in [0.15, 0.2) is 0 Å². The third kappa shape index (κ3) is 15.7. The van der Waals surface area contributed by atoms with E-state index in [1.807, 2.05) is 48.7 Å². The Morgan fingerprint density at radius 3 is 1.59 bits per heavy atom. The van der Waals surface area contributed by atoms with Gasteiger partial charge in [0.05, 0.1) is 5.60 Å². The fraction of sp³-hybridized carbons (Fsp3) is 1.00. The van der Waals surface area contributed by atoms with Gasteiger partial charge >= 0.3 is 0 Å². The largest absolute Gasteiger partial charge is 0.379 e. The number of nitrogens with zero attached hydrogens (tertiary/aromatic N) is 2. The first kappa shape index (κ1) is 36.4. The summed E-state index contributed by atoms with van der Waals surface area (Å²) in [6.45, 7) is 39.2. The van der Waals surface area contributed by atoms with Crippen LogP contribution in [0.5, 0.6) is 0 Å². The molecule has 1 saturated heterocycles. The maximum atomic E-state index is 5.68. The highest BCUT2D eigenvalue weighted by molar-refractivity contribution is 4.90. The maximum Gasteiger partial charge on any atom is 0.0628 e. The molecule has 32 heavy (non-hydrogen) atoms. The SMILES string of the molecule is CC.CC.CC.CCC(C)(C)CC(C)(C)N1CCCN(CC(C)(C)CC(C)(C)OC)CC1. The minimum absolute atomic E-state index is 0.0465. The van der Waals surface area contributed by atoms with Gasteiger partial charge in [-0.1, -0.05) is 82.6 Å². The van der Waals surface area contributed by atoms with Crippen molar-refractivity contribution >= 4 is 0 Å². The summed E-state index contributed by atoms with van der Waals surface area (Å²) >= 11 is 0. The van der Waals surface area contributed by atoms with E-state index in [-0.39, 0.29) is 16.6 Å². The lowest BCUT2D eigenvalue weighted by atomic mass is 9.77. The van der Waals surface area contributed by atoms with Crippen molar-refractivity contribution in [2.24, 2.45) is 10.8 Å². The Hall–Kier alpha value is -0.120. The van der Waals surface area contributed by atoms with E-state index < -0.39 is 0 Å². The molecule has 0 spiro atoms. The Kier molecular flexibility index (Phi) is 19.7. The Morgan fingerprint density at radius 2 is 1.16 bits per heavy atom. The number of rotatable bonds is 9. The van der Waals surface area contributed by atoms with Gasteiger partial charge in [-0.05, 0) is 70.9 Å². The van der Waals surface area contributed by atoms with E-state index in [4.69, 9.17) is 4.74 Å². The molecule has 0 saturated carbocycles. The quantitative estimate of drug-likeness (QED) is 0.344. The Balaban J connectivity index is -0.00000129. The van der Waals surface area contributed by atoms with Gasteiger partial charge in [0.15, 0.2) is 0 Å². The zero-order chi connectivity index (χ0) is 26.2. The molecule has 1 rings (SSSR count). The molecule has 0 aromatic heterocycles. The zero-order valence-electron chi connectivity index (χ0n) is 25.7. The lowest BCUT2D eigenvalue weighted by Gasteiger charge is -2.43. The molecule has 0 unspecified atom stereocenters. The van der Waals surface area contributed by atoms with Crippen molar-refractivity contribution in [2.75, 3.05) is 39.8 Å². The minimum Gasteiger partial charge on any atom is -0.379 e. The summed E-state index contributed by atoms with van der Waals surface area (Å²) in [6, 6.07) is 0. The molecule has 0 amide bonds. The van der Waals surface area contributed by atoms with Gasteiger partial charge in [0.25, 0.3) is 0 Å². The van der Waals surface area contributed by atoms with Crippen LogP contribution in [-0.2, 0) is 4.74 Å². The summed E-state index contributed by atoms with van der Waals surface area (Å²) in [5, 5.41) is 0. The minimum atomic E-state index is -0.0465. The zero-order valence-corrected chi connectivity index (χ0v) is 25.7. The van der Waals surface area contributed by atoms with Gasteiger partial charge in [0.2, 0.25) is 0 Å². The van der Waals surface area contributed by atoms with E-state index in [0.717, 1.165) is 13.0 Å². The van der Waals surface area contributed by atoms with Crippen LogP contribution in [0.3, 0.4) is 0 Å². The van der Waals surface area contributed by atoms with Crippen LogP contribution in [0.2, 0.25) is 0 Å². The smallest absolute Gasteiger partial charge is 0.0628 e. The van der Waals surface area contributed by atoms with Crippen LogP contribution >= 0.6 is 0 Å². The molecule has 0 aromatic carbocycles. The number of methoxy groups -OCH3 is 1. The third-order valence-corrected chi connectivity index (χ3v) is 6.42. The highest BCUT2D eigenvalue weighted by Gasteiger charge is 2.35. The monoisotopic (exact) mass is 459 g/mol. The average Bonchev–Trinajstić information content (AvgIpc) is 2.96. The first-order valence-electron chi connectivity index (χ1n) is 13.7. The van der Waals surface area contributed by atoms with Crippen molar-refractivity contribution in [2.45, 2.75) is 141 Å². The van der Waals surface area contributed by atoms with Crippen LogP contribution < -0.4 is 0 Å². The Bertz CT molecular complexity index is 427. The average molecular weight is 459 g/mol. The fourth-order valence-corrected chi connectivity index (χ4v) is 5.03. The fourth-order valence-electron chi connectivity index (χ4n) is 5.03. The molecule has 0 atom stereocenters. The van der Waals surface area contributed by atoms with E-state index in [9.17, 15) is 0 Å². The second kappa shape index (κ2) is 17.3. The Morgan fingerprint density at radius 1 is 0.656 bits per heavy atom. The predicted molar refractivity (Wildman–Crippen MR) is 149 cm³/mol. The number of hydrogen-bond acceptors (Lipinski definition) is 3. The van der Waals surface area contributed by atoms with Gasteiger partial charge in [0, 0.05) is 32.3 Å². The molecule has 0 N–H and O–H groups in total. The first-order valence-corrected chi connectivity index (χ1v) is 13.7. The van der Waals surface area contributed by atoms with E-state index >= 15 is 0 Å². The molecule has 3 nitrogen and oxygen atoms in total. The molecular formula is C29H66N2O. The summed E-state index contributed by atoms with van der Waals surface area (Å²) < 4.78 is 5.68. The molecule has 1 aliphatic rings. The molecule has 1 heterocycles. The first-order chi connectivity index (χ1) is 14.7. The number of ether oxygens (including phenoxy) is 1. The summed E-state index contributed by atoms with van der Waals surface area (Å²) in [5.41, 5.74) is 0.926. The van der Waals surface area contributed by atoms with Gasteiger partial charge in [0.1, 0.15) is 0 Å². The second-order valence-electron chi connectivity index (χ2n) is 11.4. The molecule has 3 heteroatoms. The van der Waals surface area contributed by atoms with Crippen LogP contribution in [0.25, 0.3) is 0 Å². The van der Waals surface area contributed by atoms with Crippen molar-refractivity contribution in [3.8, 4) is 0 Å². The summed E-state index contributed by atoms with van der Waals surface area (Å²) in [6.07, 6.45) is 4.89. The highest BCUT2D eigenvalue weighted by Crippen LogP contribution is 2.35. The summed E-state index contributed by atoms with van der Waals surface area (Å²) in [5.74, 6) is 0. The van der Waals surface area contributed by atoms with Gasteiger partial charge in [-0.15, -0.1) is 0 Å². The van der Waals surface area contributed by atoms with E-state index in [1.54, 1.807) is 0 Å². The lowest BCUT2D eigenvalue weighted by Crippen LogP contribution is -2.48. The van der Waals surface area contributed by atoms with Crippen LogP contribution in [0, 0.1) is 10.8 Å². The van der Waals surface area contributed by atoms with Crippen molar-refractivity contribution in [1.29, 1.82) is 0 Å². The molecule has 1 aliphatic heterocycles. The van der Waals surface area contributed by atoms with E-state index in [2.05, 4.69) is 72.1 Å². The van der Waals surface area contributed by atoms with Gasteiger partial charge in [-0.3, -0.25) is 4.90 Å². The van der Waals surface area contributed by atoms with Gasteiger partial charge in [-0.2, -0.15) is 0 Å². The van der Waals surface area contributed by atoms with Gasteiger partial charge < -0.3 is 9.64 Å². The van der Waals surface area contributed by atoms with Gasteiger partial charge in [-0.25, -0.2) is 0 Å². The van der Waals surface area contributed by atoms with Crippen molar-refractivity contribution in [1.82, 2.24) is 9.80 Å². The molecular weight excluding hydrogens is 392 g/mol. The molecule has 0 radical (unpaired) electrons. The van der Waals surface area contributed by atoms with Crippen molar-refractivity contribution in [3.63, 3.8) is 0 Å². The maximum absolute atomic E-state index is 5.68. The Labute approximate surface area is 206 Å². The highest BCUT2D eigenvalue weighted by atomic mass is 16.5. The standard InChI is InChI=1S/C23H48N2O.3C2H6/c1-11-20(2,3)17-22(6,7)25-14-12-13-24(15-16-25)19-21(4,5)18-23(8,9)26-10;3*1-2/h11-19H2,1-10H3;3*1-2H3. The van der Waals surface area contributed by atoms with E-state index in [0.29, 0.717) is 5.41 Å². The topological polar surface area (TPSA) is 15.7 Å². The molecule has 198 valence electrons. The second-order valence-corrected chi connectivity index (χ2v) is 11.4. The molecule has 0 aromatic rings. The van der Waals surface area contributed by atoms with Crippen LogP contribution in [-0.4, -0.2) is 60.8 Å².